The van der Waals surface area contributed by atoms with E-state index in [1.54, 1.807) is 6.92 Å². The molecule has 0 aromatic heterocycles. The molecule has 0 fully saturated rings. The number of hydrogen-bond donors (Lipinski definition) is 2. The molecule has 0 saturated carbocycles. The van der Waals surface area contributed by atoms with E-state index in [-0.39, 0.29) is 9.52 Å². The molecule has 0 aliphatic heterocycles. The fourth-order valence-corrected chi connectivity index (χ4v) is 2.14. The highest BCUT2D eigenvalue weighted by Gasteiger charge is 2.24. The van der Waals surface area contributed by atoms with Crippen LogP contribution >= 0.6 is 0 Å². The standard InChI is InChI=1S/C7H15NO2Si/c1-5(2)4-7(3,8)11-6(9)10/h5H,4,8H2,1-3H3,(H,9,10)/t7-/m1/s1. The second-order valence-corrected chi connectivity index (χ2v) is 5.27. The van der Waals surface area contributed by atoms with Crippen LogP contribution in [0.2, 0.25) is 0 Å². The maximum Gasteiger partial charge on any atom is 0.267 e. The lowest BCUT2D eigenvalue weighted by molar-refractivity contribution is 0.218. The van der Waals surface area contributed by atoms with Crippen LogP contribution < -0.4 is 5.73 Å². The molecule has 0 heterocycles. The van der Waals surface area contributed by atoms with Crippen LogP contribution in [0, 0.1) is 5.92 Å². The van der Waals surface area contributed by atoms with Gasteiger partial charge in [0.25, 0.3) is 5.59 Å². The van der Waals surface area contributed by atoms with Crippen molar-refractivity contribution in [3.63, 3.8) is 0 Å². The maximum absolute atomic E-state index is 10.3. The first-order valence-electron chi connectivity index (χ1n) is 3.63. The van der Waals surface area contributed by atoms with E-state index in [4.69, 9.17) is 10.8 Å². The Balaban J connectivity index is 3.89. The molecule has 64 valence electrons. The average molecular weight is 173 g/mol. The lowest BCUT2D eigenvalue weighted by Crippen LogP contribution is -2.46. The molecule has 3 N–H and O–H groups in total. The van der Waals surface area contributed by atoms with Crippen molar-refractivity contribution in [3.8, 4) is 0 Å². The van der Waals surface area contributed by atoms with E-state index in [1.165, 1.54) is 0 Å². The van der Waals surface area contributed by atoms with Gasteiger partial charge in [-0.2, -0.15) is 0 Å². The van der Waals surface area contributed by atoms with Crippen molar-refractivity contribution >= 4 is 15.1 Å². The Hall–Kier alpha value is -0.353. The van der Waals surface area contributed by atoms with Crippen LogP contribution in [0.1, 0.15) is 27.2 Å². The zero-order chi connectivity index (χ0) is 9.07. The van der Waals surface area contributed by atoms with Crippen LogP contribution in [0.3, 0.4) is 0 Å². The predicted molar refractivity (Wildman–Crippen MR) is 45.8 cm³/mol. The smallest absolute Gasteiger partial charge is 0.267 e. The molecule has 1 atom stereocenters. The van der Waals surface area contributed by atoms with Crippen LogP contribution in [-0.2, 0) is 0 Å². The predicted octanol–water partition coefficient (Wildman–Crippen LogP) is 1.09. The van der Waals surface area contributed by atoms with E-state index < -0.39 is 10.8 Å². The molecule has 0 aromatic carbocycles. The molecule has 0 saturated heterocycles. The third kappa shape index (κ3) is 6.06. The van der Waals surface area contributed by atoms with Crippen molar-refractivity contribution in [2.45, 2.75) is 32.4 Å². The number of carboxylic acid groups (broad SMARTS) is 1. The highest BCUT2D eigenvalue weighted by molar-refractivity contribution is 6.74. The summed E-state index contributed by atoms with van der Waals surface area (Å²) in [7, 11) is -0.197. The van der Waals surface area contributed by atoms with Crippen molar-refractivity contribution in [1.82, 2.24) is 0 Å². The molecule has 0 aromatic rings. The van der Waals surface area contributed by atoms with Crippen molar-refractivity contribution in [2.75, 3.05) is 0 Å². The summed E-state index contributed by atoms with van der Waals surface area (Å²) in [6.07, 6.45) is 0.762. The fraction of sp³-hybridized carbons (Fsp3) is 0.857. The van der Waals surface area contributed by atoms with Gasteiger partial charge in [0.1, 0.15) is 0 Å². The van der Waals surface area contributed by atoms with Gasteiger partial charge < -0.3 is 10.8 Å². The molecule has 0 spiro atoms. The molecule has 0 aliphatic rings. The van der Waals surface area contributed by atoms with Gasteiger partial charge >= 0.3 is 0 Å². The third-order valence-electron chi connectivity index (χ3n) is 1.22. The molecule has 4 heteroatoms. The first-order chi connectivity index (χ1) is 4.83. The van der Waals surface area contributed by atoms with Crippen molar-refractivity contribution in [3.05, 3.63) is 0 Å². The van der Waals surface area contributed by atoms with E-state index in [1.807, 2.05) is 13.8 Å². The SMILES string of the molecule is CC(C)C[C@](C)(N)[Si]C(=O)O. The van der Waals surface area contributed by atoms with E-state index in [0.717, 1.165) is 6.42 Å². The zero-order valence-electron chi connectivity index (χ0n) is 7.22. The van der Waals surface area contributed by atoms with Crippen LogP contribution in [0.25, 0.3) is 0 Å². The summed E-state index contributed by atoms with van der Waals surface area (Å²) in [4.78, 5) is 10.3. The van der Waals surface area contributed by atoms with Gasteiger partial charge in [-0.3, -0.25) is 4.79 Å². The molecular formula is C7H15NO2Si. The van der Waals surface area contributed by atoms with Gasteiger partial charge in [0, 0.05) is 5.16 Å². The molecule has 2 radical (unpaired) electrons. The number of carbonyl (C=O) groups is 1. The molecule has 0 aliphatic carbocycles. The Labute approximate surface area is 69.8 Å². The topological polar surface area (TPSA) is 63.3 Å². The lowest BCUT2D eigenvalue weighted by atomic mass is 10.1. The Kier molecular flexibility index (Phi) is 3.75. The molecule has 0 bridgehead atoms. The van der Waals surface area contributed by atoms with Crippen LogP contribution in [-0.4, -0.2) is 25.4 Å². The van der Waals surface area contributed by atoms with Gasteiger partial charge in [-0.15, -0.1) is 0 Å². The van der Waals surface area contributed by atoms with Crippen LogP contribution in [0.4, 0.5) is 4.79 Å². The monoisotopic (exact) mass is 173 g/mol. The minimum Gasteiger partial charge on any atom is -0.486 e. The molecule has 0 amide bonds. The normalized spacial score (nSPS) is 16.5. The quantitative estimate of drug-likeness (QED) is 0.625. The first-order valence-corrected chi connectivity index (χ1v) is 4.63. The van der Waals surface area contributed by atoms with E-state index >= 15 is 0 Å². The molecular weight excluding hydrogens is 158 g/mol. The van der Waals surface area contributed by atoms with Gasteiger partial charge in [-0.05, 0) is 19.3 Å². The third-order valence-corrected chi connectivity index (χ3v) is 2.21. The van der Waals surface area contributed by atoms with Gasteiger partial charge in [-0.25, -0.2) is 0 Å². The fourth-order valence-electron chi connectivity index (χ4n) is 1.14. The number of nitrogens with two attached hydrogens (primary N) is 1. The van der Waals surface area contributed by atoms with E-state index in [2.05, 4.69) is 0 Å². The van der Waals surface area contributed by atoms with Crippen molar-refractivity contribution in [2.24, 2.45) is 11.7 Å². The van der Waals surface area contributed by atoms with Crippen molar-refractivity contribution < 1.29 is 9.90 Å². The molecule has 3 nitrogen and oxygen atoms in total. The zero-order valence-corrected chi connectivity index (χ0v) is 8.22. The highest BCUT2D eigenvalue weighted by atomic mass is 28.2. The minimum atomic E-state index is -0.796. The largest absolute Gasteiger partial charge is 0.486 e. The summed E-state index contributed by atoms with van der Waals surface area (Å²) in [6.45, 7) is 5.87. The average Bonchev–Trinajstić information content (AvgIpc) is 1.53. The summed E-state index contributed by atoms with van der Waals surface area (Å²) in [6, 6.07) is 0. The molecule has 0 unspecified atom stereocenters. The van der Waals surface area contributed by atoms with E-state index in [0.29, 0.717) is 5.92 Å². The molecule has 11 heavy (non-hydrogen) atoms. The van der Waals surface area contributed by atoms with Gasteiger partial charge in [0.05, 0.1) is 0 Å². The summed E-state index contributed by atoms with van der Waals surface area (Å²) < 4.78 is 0. The first kappa shape index (κ1) is 10.6. The highest BCUT2D eigenvalue weighted by Crippen LogP contribution is 2.11. The Bertz CT molecular complexity index is 145. The summed E-state index contributed by atoms with van der Waals surface area (Å²) in [5.41, 5.74) is 4.95. The summed E-state index contributed by atoms with van der Waals surface area (Å²) >= 11 is 0. The van der Waals surface area contributed by atoms with E-state index in [9.17, 15) is 4.79 Å². The van der Waals surface area contributed by atoms with Gasteiger partial charge in [0.15, 0.2) is 0 Å². The number of rotatable bonds is 4. The minimum absolute atomic E-state index is 0.197. The Morgan fingerprint density at radius 3 is 2.45 bits per heavy atom. The lowest BCUT2D eigenvalue weighted by Gasteiger charge is -2.23. The van der Waals surface area contributed by atoms with Gasteiger partial charge in [-0.1, -0.05) is 13.8 Å². The second-order valence-electron chi connectivity index (χ2n) is 3.45. The molecule has 0 rings (SSSR count). The number of hydrogen-bond acceptors (Lipinski definition) is 2. The summed E-state index contributed by atoms with van der Waals surface area (Å²) in [5.74, 6) is 0.455. The second kappa shape index (κ2) is 3.87. The maximum atomic E-state index is 10.3. The van der Waals surface area contributed by atoms with Gasteiger partial charge in [0.2, 0.25) is 9.52 Å². The van der Waals surface area contributed by atoms with Crippen molar-refractivity contribution in [1.29, 1.82) is 0 Å². The Morgan fingerprint density at radius 1 is 1.73 bits per heavy atom. The summed E-state index contributed by atoms with van der Waals surface area (Å²) in [5, 5.41) is 7.97. The Morgan fingerprint density at radius 2 is 2.18 bits per heavy atom. The van der Waals surface area contributed by atoms with Crippen LogP contribution in [0.15, 0.2) is 0 Å². The van der Waals surface area contributed by atoms with Crippen LogP contribution in [0.5, 0.6) is 0 Å².